The van der Waals surface area contributed by atoms with E-state index < -0.39 is 0 Å². The molecule has 1 saturated carbocycles. The number of hydrogen-bond donors (Lipinski definition) is 0. The first-order valence-corrected chi connectivity index (χ1v) is 7.84. The zero-order valence-corrected chi connectivity index (χ0v) is 12.3. The summed E-state index contributed by atoms with van der Waals surface area (Å²) in [6, 6.07) is 9.55. The minimum Gasteiger partial charge on any atom is -0.0648 e. The van der Waals surface area contributed by atoms with Gasteiger partial charge >= 0.3 is 0 Å². The van der Waals surface area contributed by atoms with E-state index in [2.05, 4.69) is 45.0 Å². The lowest BCUT2D eigenvalue weighted by Gasteiger charge is -2.26. The van der Waals surface area contributed by atoms with E-state index in [1.54, 1.807) is 5.56 Å². The molecule has 0 atom stereocenters. The van der Waals surface area contributed by atoms with Crippen LogP contribution in [0.15, 0.2) is 24.3 Å². The highest BCUT2D eigenvalue weighted by Gasteiger charge is 2.19. The predicted octanol–water partition coefficient (Wildman–Crippen LogP) is 5.88. The summed E-state index contributed by atoms with van der Waals surface area (Å²) in [6.07, 6.45) is 8.14. The van der Waals surface area contributed by atoms with Crippen LogP contribution >= 0.6 is 0 Å². The highest BCUT2D eigenvalue weighted by molar-refractivity contribution is 5.28. The van der Waals surface area contributed by atoms with Gasteiger partial charge in [0.05, 0.1) is 0 Å². The van der Waals surface area contributed by atoms with Crippen LogP contribution in [-0.2, 0) is 0 Å². The second-order valence-electron chi connectivity index (χ2n) is 6.14. The fraction of sp³-hybridized carbons (Fsp3) is 0.667. The zero-order valence-electron chi connectivity index (χ0n) is 12.3. The molecule has 1 fully saturated rings. The van der Waals surface area contributed by atoms with Gasteiger partial charge in [0, 0.05) is 0 Å². The number of rotatable bonds is 4. The molecule has 0 heteroatoms. The Hall–Kier alpha value is -0.780. The molecule has 0 aromatic heterocycles. The highest BCUT2D eigenvalue weighted by Crippen LogP contribution is 2.36. The Kier molecular flexibility index (Phi) is 4.86. The van der Waals surface area contributed by atoms with Gasteiger partial charge in [0.25, 0.3) is 0 Å². The number of hydrogen-bond acceptors (Lipinski definition) is 0. The van der Waals surface area contributed by atoms with Crippen molar-refractivity contribution in [3.05, 3.63) is 35.4 Å². The average Bonchev–Trinajstić information content (AvgIpc) is 2.42. The van der Waals surface area contributed by atoms with Crippen LogP contribution in [0.25, 0.3) is 0 Å². The molecule has 1 aliphatic rings. The van der Waals surface area contributed by atoms with Crippen LogP contribution in [0.4, 0.5) is 0 Å². The maximum atomic E-state index is 2.40. The van der Waals surface area contributed by atoms with Crippen LogP contribution in [0.5, 0.6) is 0 Å². The Morgan fingerprint density at radius 3 is 2.00 bits per heavy atom. The monoisotopic (exact) mass is 244 g/mol. The van der Waals surface area contributed by atoms with E-state index in [1.165, 1.54) is 44.1 Å². The third-order valence-corrected chi connectivity index (χ3v) is 4.88. The third-order valence-electron chi connectivity index (χ3n) is 4.88. The van der Waals surface area contributed by atoms with Crippen molar-refractivity contribution in [2.24, 2.45) is 5.92 Å². The maximum absolute atomic E-state index is 2.40. The van der Waals surface area contributed by atoms with Crippen molar-refractivity contribution >= 4 is 0 Å². The maximum Gasteiger partial charge on any atom is -0.0162 e. The van der Waals surface area contributed by atoms with E-state index in [4.69, 9.17) is 0 Å². The molecule has 0 saturated heterocycles. The molecular weight excluding hydrogens is 216 g/mol. The van der Waals surface area contributed by atoms with Gasteiger partial charge in [-0.25, -0.2) is 0 Å². The first kappa shape index (κ1) is 13.6. The summed E-state index contributed by atoms with van der Waals surface area (Å²) < 4.78 is 0. The average molecular weight is 244 g/mol. The van der Waals surface area contributed by atoms with Crippen molar-refractivity contribution in [2.45, 2.75) is 71.1 Å². The molecule has 18 heavy (non-hydrogen) atoms. The second-order valence-corrected chi connectivity index (χ2v) is 6.14. The molecule has 0 aliphatic heterocycles. The van der Waals surface area contributed by atoms with E-state index in [0.717, 1.165) is 17.8 Å². The quantitative estimate of drug-likeness (QED) is 0.620. The Morgan fingerprint density at radius 2 is 1.50 bits per heavy atom. The minimum absolute atomic E-state index is 0.755. The molecule has 0 heterocycles. The van der Waals surface area contributed by atoms with E-state index in [0.29, 0.717) is 0 Å². The van der Waals surface area contributed by atoms with Gasteiger partial charge < -0.3 is 0 Å². The van der Waals surface area contributed by atoms with Crippen molar-refractivity contribution in [1.29, 1.82) is 0 Å². The Morgan fingerprint density at radius 1 is 0.944 bits per heavy atom. The van der Waals surface area contributed by atoms with Gasteiger partial charge in [0.1, 0.15) is 0 Å². The van der Waals surface area contributed by atoms with Gasteiger partial charge in [-0.1, -0.05) is 57.9 Å². The minimum atomic E-state index is 0.755. The van der Waals surface area contributed by atoms with Crippen LogP contribution in [0.1, 0.15) is 82.3 Å². The van der Waals surface area contributed by atoms with Gasteiger partial charge in [-0.15, -0.1) is 0 Å². The van der Waals surface area contributed by atoms with Gasteiger partial charge in [-0.05, 0) is 54.6 Å². The molecule has 0 unspecified atom stereocenters. The molecule has 1 aliphatic carbocycles. The Bertz CT molecular complexity index is 337. The van der Waals surface area contributed by atoms with Crippen molar-refractivity contribution in [1.82, 2.24) is 0 Å². The van der Waals surface area contributed by atoms with E-state index in [1.807, 2.05) is 0 Å². The first-order valence-electron chi connectivity index (χ1n) is 7.84. The van der Waals surface area contributed by atoms with Gasteiger partial charge in [0.15, 0.2) is 0 Å². The standard InChI is InChI=1S/C18H28/c1-4-15(5-2)16-10-12-18(13-11-16)17-8-6-14(3)7-9-17/h10-15,17H,4-9H2,1-3H3. The fourth-order valence-electron chi connectivity index (χ4n) is 3.39. The molecule has 0 spiro atoms. The fourth-order valence-corrected chi connectivity index (χ4v) is 3.39. The highest BCUT2D eigenvalue weighted by atomic mass is 14.2. The van der Waals surface area contributed by atoms with Crippen LogP contribution in [0.2, 0.25) is 0 Å². The second kappa shape index (κ2) is 6.41. The summed E-state index contributed by atoms with van der Waals surface area (Å²) in [7, 11) is 0. The summed E-state index contributed by atoms with van der Waals surface area (Å²) in [4.78, 5) is 0. The van der Waals surface area contributed by atoms with Crippen LogP contribution in [-0.4, -0.2) is 0 Å². The Labute approximate surface area is 113 Å². The topological polar surface area (TPSA) is 0 Å². The van der Waals surface area contributed by atoms with E-state index in [-0.39, 0.29) is 0 Å². The summed E-state index contributed by atoms with van der Waals surface area (Å²) in [6.45, 7) is 6.99. The SMILES string of the molecule is CCC(CC)c1ccc(C2CCC(C)CC2)cc1. The van der Waals surface area contributed by atoms with Gasteiger partial charge in [-0.2, -0.15) is 0 Å². The third kappa shape index (κ3) is 3.16. The van der Waals surface area contributed by atoms with Gasteiger partial charge in [-0.3, -0.25) is 0 Å². The molecule has 0 nitrogen and oxygen atoms in total. The molecule has 2 rings (SSSR count). The van der Waals surface area contributed by atoms with E-state index >= 15 is 0 Å². The summed E-state index contributed by atoms with van der Waals surface area (Å²) in [5, 5.41) is 0. The molecule has 1 aromatic carbocycles. The summed E-state index contributed by atoms with van der Waals surface area (Å²) in [5.41, 5.74) is 3.12. The van der Waals surface area contributed by atoms with E-state index in [9.17, 15) is 0 Å². The molecule has 0 N–H and O–H groups in total. The van der Waals surface area contributed by atoms with Crippen LogP contribution < -0.4 is 0 Å². The zero-order chi connectivity index (χ0) is 13.0. The largest absolute Gasteiger partial charge is 0.0648 e. The molecule has 0 radical (unpaired) electrons. The van der Waals surface area contributed by atoms with Crippen molar-refractivity contribution in [3.8, 4) is 0 Å². The number of benzene rings is 1. The summed E-state index contributed by atoms with van der Waals surface area (Å²) >= 11 is 0. The Balaban J connectivity index is 2.03. The lowest BCUT2D eigenvalue weighted by molar-refractivity contribution is 0.348. The van der Waals surface area contributed by atoms with Crippen LogP contribution in [0.3, 0.4) is 0 Å². The molecular formula is C18H28. The van der Waals surface area contributed by atoms with Crippen molar-refractivity contribution in [3.63, 3.8) is 0 Å². The predicted molar refractivity (Wildman–Crippen MR) is 80.1 cm³/mol. The van der Waals surface area contributed by atoms with Crippen molar-refractivity contribution in [2.75, 3.05) is 0 Å². The smallest absolute Gasteiger partial charge is 0.0162 e. The molecule has 0 amide bonds. The van der Waals surface area contributed by atoms with Crippen molar-refractivity contribution < 1.29 is 0 Å². The molecule has 0 bridgehead atoms. The first-order chi connectivity index (χ1) is 8.74. The molecule has 100 valence electrons. The van der Waals surface area contributed by atoms with Gasteiger partial charge in [0.2, 0.25) is 0 Å². The summed E-state index contributed by atoms with van der Waals surface area (Å²) in [5.74, 6) is 2.53. The lowest BCUT2D eigenvalue weighted by atomic mass is 9.79. The lowest BCUT2D eigenvalue weighted by Crippen LogP contribution is -2.10. The normalized spacial score (nSPS) is 24.4. The molecule has 1 aromatic rings. The van der Waals surface area contributed by atoms with Crippen LogP contribution in [0, 0.1) is 5.92 Å².